The molecular formula is C17H23N3O3. The first-order valence-corrected chi connectivity index (χ1v) is 8.35. The molecule has 2 aliphatic rings. The summed E-state index contributed by atoms with van der Waals surface area (Å²) >= 11 is 0. The van der Waals surface area contributed by atoms with Crippen molar-refractivity contribution < 1.29 is 9.59 Å². The fourth-order valence-electron chi connectivity index (χ4n) is 3.51. The Hall–Kier alpha value is -2.11. The van der Waals surface area contributed by atoms with E-state index < -0.39 is 6.04 Å². The molecule has 0 aromatic carbocycles. The molecule has 2 saturated heterocycles. The highest BCUT2D eigenvalue weighted by molar-refractivity contribution is 5.97. The van der Waals surface area contributed by atoms with E-state index in [0.717, 1.165) is 38.8 Å². The van der Waals surface area contributed by atoms with Gasteiger partial charge in [0, 0.05) is 32.9 Å². The second-order valence-electron chi connectivity index (χ2n) is 6.38. The van der Waals surface area contributed by atoms with E-state index in [1.807, 2.05) is 4.90 Å². The van der Waals surface area contributed by atoms with Crippen LogP contribution in [0.15, 0.2) is 23.1 Å². The van der Waals surface area contributed by atoms with Crippen LogP contribution in [-0.2, 0) is 11.8 Å². The number of carbonyl (C=O) groups excluding carboxylic acids is 2. The van der Waals surface area contributed by atoms with Crippen LogP contribution in [0, 0.1) is 0 Å². The van der Waals surface area contributed by atoms with Crippen LogP contribution in [0.5, 0.6) is 0 Å². The molecular weight excluding hydrogens is 294 g/mol. The minimum Gasteiger partial charge on any atom is -0.341 e. The van der Waals surface area contributed by atoms with Gasteiger partial charge in [0.05, 0.1) is 0 Å². The van der Waals surface area contributed by atoms with E-state index in [9.17, 15) is 14.4 Å². The summed E-state index contributed by atoms with van der Waals surface area (Å²) in [5.41, 5.74) is -0.165. The van der Waals surface area contributed by atoms with Gasteiger partial charge in [0.25, 0.3) is 11.5 Å². The zero-order valence-electron chi connectivity index (χ0n) is 13.5. The lowest BCUT2D eigenvalue weighted by molar-refractivity contribution is -0.136. The van der Waals surface area contributed by atoms with E-state index >= 15 is 0 Å². The van der Waals surface area contributed by atoms with Gasteiger partial charge in [-0.25, -0.2) is 0 Å². The summed E-state index contributed by atoms with van der Waals surface area (Å²) in [4.78, 5) is 41.1. The summed E-state index contributed by atoms with van der Waals surface area (Å²) in [5.74, 6) is -0.276. The monoisotopic (exact) mass is 317 g/mol. The lowest BCUT2D eigenvalue weighted by atomic mass is 10.1. The molecule has 124 valence electrons. The number of aromatic nitrogens is 1. The third kappa shape index (κ3) is 3.02. The van der Waals surface area contributed by atoms with Gasteiger partial charge < -0.3 is 14.4 Å². The molecule has 6 nitrogen and oxygen atoms in total. The summed E-state index contributed by atoms with van der Waals surface area (Å²) in [7, 11) is 1.62. The van der Waals surface area contributed by atoms with E-state index in [2.05, 4.69) is 0 Å². The number of rotatable bonds is 2. The van der Waals surface area contributed by atoms with E-state index in [-0.39, 0.29) is 22.9 Å². The standard InChI is InChI=1S/C17H23N3O3/c1-18-9-5-7-13(15(18)21)16(22)20-12-6-8-14(20)17(23)19-10-3-2-4-11-19/h5,7,9,14H,2-4,6,8,10-12H2,1H3/t14-/m0/s1. The Kier molecular flexibility index (Phi) is 4.50. The Morgan fingerprint density at radius 1 is 1.09 bits per heavy atom. The highest BCUT2D eigenvalue weighted by atomic mass is 16.2. The summed E-state index contributed by atoms with van der Waals surface area (Å²) in [5, 5.41) is 0. The van der Waals surface area contributed by atoms with E-state index in [4.69, 9.17) is 0 Å². The maximum atomic E-state index is 12.8. The van der Waals surface area contributed by atoms with Gasteiger partial charge in [0.2, 0.25) is 5.91 Å². The van der Waals surface area contributed by atoms with Gasteiger partial charge in [0.15, 0.2) is 0 Å². The summed E-state index contributed by atoms with van der Waals surface area (Å²) in [6.45, 7) is 2.11. The average Bonchev–Trinajstić information content (AvgIpc) is 3.06. The molecule has 0 N–H and O–H groups in total. The summed E-state index contributed by atoms with van der Waals surface area (Å²) in [6, 6.07) is 2.82. The molecule has 2 amide bonds. The first-order chi connectivity index (χ1) is 11.1. The molecule has 1 aromatic heterocycles. The molecule has 0 spiro atoms. The SMILES string of the molecule is Cn1cccc(C(=O)N2CCC[C@H]2C(=O)N2CCCCC2)c1=O. The molecule has 1 atom stereocenters. The van der Waals surface area contributed by atoms with E-state index in [0.29, 0.717) is 13.0 Å². The van der Waals surface area contributed by atoms with Crippen molar-refractivity contribution in [1.82, 2.24) is 14.4 Å². The van der Waals surface area contributed by atoms with Crippen molar-refractivity contribution in [3.8, 4) is 0 Å². The number of hydrogen-bond acceptors (Lipinski definition) is 3. The van der Waals surface area contributed by atoms with Crippen molar-refractivity contribution in [2.24, 2.45) is 7.05 Å². The number of piperidine rings is 1. The Morgan fingerprint density at radius 2 is 1.83 bits per heavy atom. The van der Waals surface area contributed by atoms with Gasteiger partial charge in [-0.3, -0.25) is 14.4 Å². The Labute approximate surface area is 135 Å². The van der Waals surface area contributed by atoms with Crippen molar-refractivity contribution in [1.29, 1.82) is 0 Å². The van der Waals surface area contributed by atoms with Crippen LogP contribution < -0.4 is 5.56 Å². The molecule has 2 fully saturated rings. The normalized spacial score (nSPS) is 21.5. The van der Waals surface area contributed by atoms with Crippen LogP contribution in [0.4, 0.5) is 0 Å². The number of nitrogens with zero attached hydrogens (tertiary/aromatic N) is 3. The molecule has 2 aliphatic heterocycles. The molecule has 3 heterocycles. The number of carbonyl (C=O) groups is 2. The van der Waals surface area contributed by atoms with Crippen LogP contribution in [0.1, 0.15) is 42.5 Å². The molecule has 23 heavy (non-hydrogen) atoms. The number of hydrogen-bond donors (Lipinski definition) is 0. The average molecular weight is 317 g/mol. The largest absolute Gasteiger partial charge is 0.341 e. The molecule has 1 aromatic rings. The van der Waals surface area contributed by atoms with Crippen molar-refractivity contribution in [2.45, 2.75) is 38.1 Å². The second kappa shape index (κ2) is 6.56. The zero-order valence-corrected chi connectivity index (χ0v) is 13.5. The van der Waals surface area contributed by atoms with Crippen LogP contribution in [0.3, 0.4) is 0 Å². The van der Waals surface area contributed by atoms with Gasteiger partial charge in [-0.1, -0.05) is 0 Å². The number of pyridine rings is 1. The number of likely N-dealkylation sites (tertiary alicyclic amines) is 2. The maximum Gasteiger partial charge on any atom is 0.263 e. The predicted octanol–water partition coefficient (Wildman–Crippen LogP) is 1.00. The first-order valence-electron chi connectivity index (χ1n) is 8.35. The molecule has 3 rings (SSSR count). The third-order valence-corrected chi connectivity index (χ3v) is 4.82. The van der Waals surface area contributed by atoms with Crippen LogP contribution in [0.2, 0.25) is 0 Å². The number of aryl methyl sites for hydroxylation is 1. The zero-order chi connectivity index (χ0) is 16.4. The van der Waals surface area contributed by atoms with Crippen molar-refractivity contribution in [3.63, 3.8) is 0 Å². The fourth-order valence-corrected chi connectivity index (χ4v) is 3.51. The highest BCUT2D eigenvalue weighted by Gasteiger charge is 2.37. The Bertz CT molecular complexity index is 661. The van der Waals surface area contributed by atoms with Gasteiger partial charge >= 0.3 is 0 Å². The maximum absolute atomic E-state index is 12.8. The molecule has 0 bridgehead atoms. The van der Waals surface area contributed by atoms with Crippen LogP contribution in [0.25, 0.3) is 0 Å². The summed E-state index contributed by atoms with van der Waals surface area (Å²) in [6.07, 6.45) is 6.35. The Balaban J connectivity index is 1.80. The van der Waals surface area contributed by atoms with Crippen molar-refractivity contribution >= 4 is 11.8 Å². The molecule has 6 heteroatoms. The third-order valence-electron chi connectivity index (χ3n) is 4.82. The Morgan fingerprint density at radius 3 is 2.57 bits per heavy atom. The second-order valence-corrected chi connectivity index (χ2v) is 6.38. The smallest absolute Gasteiger partial charge is 0.263 e. The number of amides is 2. The van der Waals surface area contributed by atoms with E-state index in [1.165, 1.54) is 4.57 Å². The highest BCUT2D eigenvalue weighted by Crippen LogP contribution is 2.22. The minimum absolute atomic E-state index is 0.0447. The lowest BCUT2D eigenvalue weighted by Gasteiger charge is -2.32. The van der Waals surface area contributed by atoms with E-state index in [1.54, 1.807) is 30.3 Å². The van der Waals surface area contributed by atoms with Crippen molar-refractivity contribution in [2.75, 3.05) is 19.6 Å². The fraction of sp³-hybridized carbons (Fsp3) is 0.588. The van der Waals surface area contributed by atoms with Crippen LogP contribution >= 0.6 is 0 Å². The topological polar surface area (TPSA) is 62.6 Å². The summed E-state index contributed by atoms with van der Waals surface area (Å²) < 4.78 is 1.39. The van der Waals surface area contributed by atoms with Crippen molar-refractivity contribution in [3.05, 3.63) is 34.2 Å². The molecule has 0 saturated carbocycles. The lowest BCUT2D eigenvalue weighted by Crippen LogP contribution is -2.50. The quantitative estimate of drug-likeness (QED) is 0.817. The van der Waals surface area contributed by atoms with Gasteiger partial charge in [-0.2, -0.15) is 0 Å². The molecule has 0 radical (unpaired) electrons. The molecule has 0 unspecified atom stereocenters. The van der Waals surface area contributed by atoms with Gasteiger partial charge in [-0.15, -0.1) is 0 Å². The van der Waals surface area contributed by atoms with Crippen LogP contribution in [-0.4, -0.2) is 51.9 Å². The van der Waals surface area contributed by atoms with Gasteiger partial charge in [-0.05, 0) is 44.2 Å². The van der Waals surface area contributed by atoms with Gasteiger partial charge in [0.1, 0.15) is 11.6 Å². The first kappa shape index (κ1) is 15.8. The minimum atomic E-state index is -0.412. The predicted molar refractivity (Wildman–Crippen MR) is 86.2 cm³/mol. The molecule has 0 aliphatic carbocycles.